The van der Waals surface area contributed by atoms with Gasteiger partial charge < -0.3 is 19.1 Å². The summed E-state index contributed by atoms with van der Waals surface area (Å²) < 4.78 is 30.4. The zero-order valence-electron chi connectivity index (χ0n) is 20.0. The highest BCUT2D eigenvalue weighted by molar-refractivity contribution is 5.82. The van der Waals surface area contributed by atoms with Gasteiger partial charge >= 0.3 is 5.97 Å². The van der Waals surface area contributed by atoms with E-state index in [9.17, 15) is 18.8 Å². The quantitative estimate of drug-likeness (QED) is 0.385. The number of amides is 1. The average molecular weight is 486 g/mol. The zero-order valence-corrected chi connectivity index (χ0v) is 20.0. The Balaban J connectivity index is 1.52. The zero-order chi connectivity index (χ0) is 25.4. The summed E-state index contributed by atoms with van der Waals surface area (Å²) in [7, 11) is 2.98. The van der Waals surface area contributed by atoms with Crippen molar-refractivity contribution in [1.82, 2.24) is 14.5 Å². The molecule has 2 aromatic carbocycles. The Morgan fingerprint density at radius 3 is 2.54 bits per heavy atom. The molecule has 10 heteroatoms. The minimum atomic E-state index is -0.548. The van der Waals surface area contributed by atoms with Gasteiger partial charge in [-0.15, -0.1) is 0 Å². The van der Waals surface area contributed by atoms with Gasteiger partial charge in [-0.05, 0) is 37.1 Å². The first-order valence-corrected chi connectivity index (χ1v) is 11.1. The van der Waals surface area contributed by atoms with Crippen molar-refractivity contribution in [2.75, 3.05) is 27.4 Å². The fraction of sp³-hybridized carbons (Fsp3) is 0.360. The number of aryl methyl sites for hydroxylation is 1. The number of esters is 1. The van der Waals surface area contributed by atoms with Gasteiger partial charge in [-0.3, -0.25) is 19.0 Å². The van der Waals surface area contributed by atoms with Gasteiger partial charge in [0.15, 0.2) is 18.1 Å². The molecule has 0 aliphatic rings. The molecule has 0 aliphatic carbocycles. The van der Waals surface area contributed by atoms with E-state index in [1.165, 1.54) is 42.1 Å². The third kappa shape index (κ3) is 6.56. The van der Waals surface area contributed by atoms with Crippen molar-refractivity contribution in [2.45, 2.75) is 32.9 Å². The SMILES string of the molecule is CCN(Cc1cccc(F)c1)C(=O)COC(=O)CCCn1cnc2cc(OC)c(OC)cc2c1=O. The number of halogens is 1. The highest BCUT2D eigenvalue weighted by Gasteiger charge is 2.16. The van der Waals surface area contributed by atoms with Crippen LogP contribution in [0.1, 0.15) is 25.3 Å². The Morgan fingerprint density at radius 1 is 1.11 bits per heavy atom. The predicted molar refractivity (Wildman–Crippen MR) is 127 cm³/mol. The van der Waals surface area contributed by atoms with Crippen molar-refractivity contribution in [2.24, 2.45) is 0 Å². The molecule has 0 aliphatic heterocycles. The fourth-order valence-corrected chi connectivity index (χ4v) is 3.58. The number of carbonyl (C=O) groups excluding carboxylic acids is 2. The van der Waals surface area contributed by atoms with E-state index in [1.54, 1.807) is 31.2 Å². The topological polar surface area (TPSA) is 100.0 Å². The molecule has 3 rings (SSSR count). The number of hydrogen-bond acceptors (Lipinski definition) is 7. The number of ether oxygens (including phenoxy) is 3. The van der Waals surface area contributed by atoms with Crippen LogP contribution in [0.5, 0.6) is 11.5 Å². The van der Waals surface area contributed by atoms with Gasteiger partial charge in [0.2, 0.25) is 0 Å². The molecule has 0 fully saturated rings. The van der Waals surface area contributed by atoms with Crippen LogP contribution >= 0.6 is 0 Å². The molecule has 35 heavy (non-hydrogen) atoms. The second-order valence-electron chi connectivity index (χ2n) is 7.77. The Bertz CT molecular complexity index is 1260. The summed E-state index contributed by atoms with van der Waals surface area (Å²) in [5, 5.41) is 0.372. The monoisotopic (exact) mass is 485 g/mol. The second kappa shape index (κ2) is 12.0. The first-order chi connectivity index (χ1) is 16.9. The highest BCUT2D eigenvalue weighted by atomic mass is 19.1. The van der Waals surface area contributed by atoms with Gasteiger partial charge in [0.25, 0.3) is 11.5 Å². The molecular formula is C25H28FN3O6. The first kappa shape index (κ1) is 25.7. The minimum absolute atomic E-state index is 0.0275. The lowest BCUT2D eigenvalue weighted by Gasteiger charge is -2.21. The van der Waals surface area contributed by atoms with Gasteiger partial charge in [0.05, 0.1) is 31.4 Å². The van der Waals surface area contributed by atoms with Crippen molar-refractivity contribution >= 4 is 22.8 Å². The summed E-state index contributed by atoms with van der Waals surface area (Å²) in [5.74, 6) is -0.405. The Hall–Kier alpha value is -3.95. The molecule has 0 radical (unpaired) electrons. The molecule has 9 nitrogen and oxygen atoms in total. The number of likely N-dealkylation sites (N-methyl/N-ethyl adjacent to an activating group) is 1. The van der Waals surface area contributed by atoms with E-state index in [1.807, 2.05) is 0 Å². The van der Waals surface area contributed by atoms with E-state index in [0.29, 0.717) is 40.9 Å². The van der Waals surface area contributed by atoms with Crippen molar-refractivity contribution in [3.8, 4) is 11.5 Å². The van der Waals surface area contributed by atoms with E-state index in [0.717, 1.165) is 0 Å². The molecule has 1 heterocycles. The Labute approximate surface area is 202 Å². The normalized spacial score (nSPS) is 10.7. The summed E-state index contributed by atoms with van der Waals surface area (Å²) in [5.41, 5.74) is 0.855. The van der Waals surface area contributed by atoms with Crippen LogP contribution in [0.15, 0.2) is 47.5 Å². The van der Waals surface area contributed by atoms with Gasteiger partial charge in [-0.1, -0.05) is 12.1 Å². The lowest BCUT2D eigenvalue weighted by molar-refractivity contribution is -0.152. The van der Waals surface area contributed by atoms with Crippen LogP contribution < -0.4 is 15.0 Å². The first-order valence-electron chi connectivity index (χ1n) is 11.1. The van der Waals surface area contributed by atoms with Crippen LogP contribution in [0.4, 0.5) is 4.39 Å². The third-order valence-corrected chi connectivity index (χ3v) is 5.46. The molecule has 0 unspecified atom stereocenters. The third-order valence-electron chi connectivity index (χ3n) is 5.46. The van der Waals surface area contributed by atoms with E-state index in [-0.39, 0.29) is 36.8 Å². The molecule has 0 N–H and O–H groups in total. The maximum atomic E-state index is 13.4. The van der Waals surface area contributed by atoms with Crippen molar-refractivity contribution < 1.29 is 28.2 Å². The van der Waals surface area contributed by atoms with E-state index >= 15 is 0 Å². The standard InChI is InChI=1S/C25H28FN3O6/c1-4-28(14-17-7-5-8-18(26)11-17)23(30)15-35-24(31)9-6-10-29-16-27-20-13-22(34-3)21(33-2)12-19(20)25(29)32/h5,7-8,11-13,16H,4,6,9-10,14-15H2,1-3H3. The van der Waals surface area contributed by atoms with Crippen LogP contribution in [0.25, 0.3) is 10.9 Å². The van der Waals surface area contributed by atoms with Crippen molar-refractivity contribution in [3.05, 3.63) is 64.5 Å². The van der Waals surface area contributed by atoms with Gasteiger partial charge in [-0.25, -0.2) is 9.37 Å². The molecule has 0 saturated heterocycles. The molecule has 1 amide bonds. The number of carbonyl (C=O) groups is 2. The summed E-state index contributed by atoms with van der Waals surface area (Å²) >= 11 is 0. The number of aromatic nitrogens is 2. The molecule has 186 valence electrons. The minimum Gasteiger partial charge on any atom is -0.493 e. The molecule has 1 aromatic heterocycles. The number of rotatable bonds is 11. The number of nitrogens with zero attached hydrogens (tertiary/aromatic N) is 3. The van der Waals surface area contributed by atoms with Crippen LogP contribution in [0.3, 0.4) is 0 Å². The summed E-state index contributed by atoms with van der Waals surface area (Å²) in [6.07, 6.45) is 1.77. The molecule has 0 saturated carbocycles. The van der Waals surface area contributed by atoms with E-state index in [4.69, 9.17) is 14.2 Å². The van der Waals surface area contributed by atoms with E-state index in [2.05, 4.69) is 4.98 Å². The average Bonchev–Trinajstić information content (AvgIpc) is 2.86. The van der Waals surface area contributed by atoms with Crippen LogP contribution in [0, 0.1) is 5.82 Å². The van der Waals surface area contributed by atoms with Crippen LogP contribution in [-0.2, 0) is 27.4 Å². The van der Waals surface area contributed by atoms with Gasteiger partial charge in [-0.2, -0.15) is 0 Å². The smallest absolute Gasteiger partial charge is 0.306 e. The Kier molecular flexibility index (Phi) is 8.77. The molecule has 0 spiro atoms. The number of fused-ring (bicyclic) bond motifs is 1. The van der Waals surface area contributed by atoms with Crippen LogP contribution in [0.2, 0.25) is 0 Å². The summed E-state index contributed by atoms with van der Waals surface area (Å²) in [6.45, 7) is 2.25. The highest BCUT2D eigenvalue weighted by Crippen LogP contribution is 2.29. The van der Waals surface area contributed by atoms with Gasteiger partial charge in [0.1, 0.15) is 5.82 Å². The molecular weight excluding hydrogens is 457 g/mol. The fourth-order valence-electron chi connectivity index (χ4n) is 3.58. The predicted octanol–water partition coefficient (Wildman–Crippen LogP) is 2.92. The molecule has 0 bridgehead atoms. The van der Waals surface area contributed by atoms with Gasteiger partial charge in [0, 0.05) is 32.1 Å². The maximum Gasteiger partial charge on any atom is 0.306 e. The number of benzene rings is 2. The maximum absolute atomic E-state index is 13.4. The summed E-state index contributed by atoms with van der Waals surface area (Å²) in [6, 6.07) is 9.19. The van der Waals surface area contributed by atoms with Crippen molar-refractivity contribution in [1.29, 1.82) is 0 Å². The Morgan fingerprint density at radius 2 is 1.86 bits per heavy atom. The second-order valence-corrected chi connectivity index (χ2v) is 7.77. The lowest BCUT2D eigenvalue weighted by Crippen LogP contribution is -2.34. The van der Waals surface area contributed by atoms with Crippen molar-refractivity contribution in [3.63, 3.8) is 0 Å². The number of hydrogen-bond donors (Lipinski definition) is 0. The largest absolute Gasteiger partial charge is 0.493 e. The van der Waals surface area contributed by atoms with Crippen LogP contribution in [-0.4, -0.2) is 53.7 Å². The number of methoxy groups -OCH3 is 2. The molecule has 0 atom stereocenters. The molecule has 3 aromatic rings. The lowest BCUT2D eigenvalue weighted by atomic mass is 10.2. The summed E-state index contributed by atoms with van der Waals surface area (Å²) in [4.78, 5) is 43.1. The van der Waals surface area contributed by atoms with E-state index < -0.39 is 12.6 Å².